The number of hydrogen-bond acceptors (Lipinski definition) is 3. The Kier molecular flexibility index (Phi) is 4.13. The van der Waals surface area contributed by atoms with Crippen LogP contribution in [0.4, 0.5) is 11.4 Å². The molecular formula is C15H16N2O2. The molecule has 0 N–H and O–H groups in total. The van der Waals surface area contributed by atoms with Crippen molar-refractivity contribution in [3.05, 3.63) is 59.0 Å². The SMILES string of the molecule is CCOc1ccc(N(N=O)c2ccccc2C)cc1. The van der Waals surface area contributed by atoms with Crippen LogP contribution in [-0.2, 0) is 0 Å². The minimum atomic E-state index is 0.618. The van der Waals surface area contributed by atoms with Gasteiger partial charge in [0.2, 0.25) is 0 Å². The van der Waals surface area contributed by atoms with Gasteiger partial charge in [-0.3, -0.25) is 0 Å². The molecule has 0 aromatic heterocycles. The normalized spacial score (nSPS) is 10.0. The Balaban J connectivity index is 2.32. The van der Waals surface area contributed by atoms with E-state index in [1.165, 1.54) is 5.01 Å². The average molecular weight is 256 g/mol. The second-order valence-electron chi connectivity index (χ2n) is 4.11. The fourth-order valence-electron chi connectivity index (χ4n) is 1.88. The number of hydrogen-bond donors (Lipinski definition) is 0. The summed E-state index contributed by atoms with van der Waals surface area (Å²) in [4.78, 5) is 11.1. The molecule has 0 saturated carbocycles. The van der Waals surface area contributed by atoms with Crippen LogP contribution in [0.2, 0.25) is 0 Å². The zero-order valence-corrected chi connectivity index (χ0v) is 11.0. The van der Waals surface area contributed by atoms with Gasteiger partial charge >= 0.3 is 0 Å². The van der Waals surface area contributed by atoms with E-state index in [0.717, 1.165) is 17.0 Å². The second-order valence-corrected chi connectivity index (χ2v) is 4.11. The summed E-state index contributed by atoms with van der Waals surface area (Å²) < 4.78 is 5.38. The van der Waals surface area contributed by atoms with Gasteiger partial charge in [0, 0.05) is 0 Å². The molecule has 0 amide bonds. The Labute approximate surface area is 112 Å². The van der Waals surface area contributed by atoms with Gasteiger partial charge in [-0.1, -0.05) is 18.2 Å². The van der Waals surface area contributed by atoms with E-state index >= 15 is 0 Å². The molecule has 2 aromatic carbocycles. The van der Waals surface area contributed by atoms with Crippen molar-refractivity contribution in [2.24, 2.45) is 5.29 Å². The number of rotatable bonds is 5. The van der Waals surface area contributed by atoms with Crippen LogP contribution < -0.4 is 9.75 Å². The molecule has 0 unspecified atom stereocenters. The first-order chi connectivity index (χ1) is 9.26. The zero-order valence-electron chi connectivity index (χ0n) is 11.0. The van der Waals surface area contributed by atoms with Crippen LogP contribution in [0, 0.1) is 11.8 Å². The minimum Gasteiger partial charge on any atom is -0.494 e. The smallest absolute Gasteiger partial charge is 0.119 e. The van der Waals surface area contributed by atoms with Crippen LogP contribution in [0.5, 0.6) is 5.75 Å². The lowest BCUT2D eigenvalue weighted by atomic mass is 10.2. The van der Waals surface area contributed by atoms with E-state index < -0.39 is 0 Å². The Morgan fingerprint density at radius 3 is 2.37 bits per heavy atom. The topological polar surface area (TPSA) is 41.9 Å². The van der Waals surface area contributed by atoms with Gasteiger partial charge in [-0.2, -0.15) is 5.01 Å². The highest BCUT2D eigenvalue weighted by Gasteiger charge is 2.11. The Hall–Kier alpha value is -2.36. The van der Waals surface area contributed by atoms with E-state index in [9.17, 15) is 4.91 Å². The van der Waals surface area contributed by atoms with Gasteiger partial charge in [-0.15, -0.1) is 4.91 Å². The lowest BCUT2D eigenvalue weighted by molar-refractivity contribution is 0.340. The summed E-state index contributed by atoms with van der Waals surface area (Å²) in [5, 5.41) is 4.49. The van der Waals surface area contributed by atoms with Crippen molar-refractivity contribution in [1.29, 1.82) is 0 Å². The number of para-hydroxylation sites is 1. The third-order valence-electron chi connectivity index (χ3n) is 2.82. The standard InChI is InChI=1S/C15H16N2O2/c1-3-19-14-10-8-13(9-11-14)17(16-18)15-7-5-4-6-12(15)2/h4-11H,3H2,1-2H3. The van der Waals surface area contributed by atoms with Gasteiger partial charge in [0.25, 0.3) is 0 Å². The third kappa shape index (κ3) is 2.91. The van der Waals surface area contributed by atoms with Gasteiger partial charge in [0.15, 0.2) is 0 Å². The summed E-state index contributed by atoms with van der Waals surface area (Å²) >= 11 is 0. The molecule has 0 fully saturated rings. The first kappa shape index (κ1) is 13.1. The second kappa shape index (κ2) is 6.00. The molecule has 0 aliphatic rings. The van der Waals surface area contributed by atoms with Gasteiger partial charge in [-0.25, -0.2) is 0 Å². The van der Waals surface area contributed by atoms with Crippen molar-refractivity contribution < 1.29 is 4.74 Å². The summed E-state index contributed by atoms with van der Waals surface area (Å²) in [5.74, 6) is 0.780. The van der Waals surface area contributed by atoms with Crippen LogP contribution in [0.3, 0.4) is 0 Å². The van der Waals surface area contributed by atoms with Crippen molar-refractivity contribution in [2.45, 2.75) is 13.8 Å². The lowest BCUT2D eigenvalue weighted by Gasteiger charge is -2.17. The van der Waals surface area contributed by atoms with Crippen molar-refractivity contribution in [1.82, 2.24) is 0 Å². The fourth-order valence-corrected chi connectivity index (χ4v) is 1.88. The van der Waals surface area contributed by atoms with Crippen LogP contribution in [0.1, 0.15) is 12.5 Å². The molecule has 0 bridgehead atoms. The number of nitrogens with zero attached hydrogens (tertiary/aromatic N) is 2. The average Bonchev–Trinajstić information content (AvgIpc) is 2.44. The molecule has 0 heterocycles. The molecule has 0 saturated heterocycles. The quantitative estimate of drug-likeness (QED) is 0.594. The lowest BCUT2D eigenvalue weighted by Crippen LogP contribution is -2.08. The first-order valence-corrected chi connectivity index (χ1v) is 6.18. The Morgan fingerprint density at radius 1 is 1.11 bits per heavy atom. The molecule has 4 heteroatoms. The molecule has 19 heavy (non-hydrogen) atoms. The van der Waals surface area contributed by atoms with Crippen LogP contribution >= 0.6 is 0 Å². The monoisotopic (exact) mass is 256 g/mol. The molecule has 0 aliphatic carbocycles. The minimum absolute atomic E-state index is 0.618. The molecular weight excluding hydrogens is 240 g/mol. The fraction of sp³-hybridized carbons (Fsp3) is 0.200. The molecule has 0 atom stereocenters. The van der Waals surface area contributed by atoms with Gasteiger partial charge < -0.3 is 4.74 Å². The molecule has 0 radical (unpaired) electrons. The van der Waals surface area contributed by atoms with Crippen molar-refractivity contribution in [3.63, 3.8) is 0 Å². The van der Waals surface area contributed by atoms with E-state index in [4.69, 9.17) is 4.74 Å². The van der Waals surface area contributed by atoms with Crippen molar-refractivity contribution in [2.75, 3.05) is 11.6 Å². The van der Waals surface area contributed by atoms with Crippen molar-refractivity contribution >= 4 is 11.4 Å². The zero-order chi connectivity index (χ0) is 13.7. The predicted molar refractivity (Wildman–Crippen MR) is 76.7 cm³/mol. The summed E-state index contributed by atoms with van der Waals surface area (Å²) in [6.45, 7) is 4.50. The third-order valence-corrected chi connectivity index (χ3v) is 2.82. The largest absolute Gasteiger partial charge is 0.494 e. The Bertz CT molecular complexity index is 552. The molecule has 2 aromatic rings. The van der Waals surface area contributed by atoms with E-state index in [2.05, 4.69) is 5.29 Å². The molecule has 98 valence electrons. The molecule has 0 aliphatic heterocycles. The van der Waals surface area contributed by atoms with Crippen LogP contribution in [0.15, 0.2) is 53.8 Å². The van der Waals surface area contributed by atoms with Gasteiger partial charge in [-0.05, 0) is 49.7 Å². The number of anilines is 2. The van der Waals surface area contributed by atoms with Crippen LogP contribution in [0.25, 0.3) is 0 Å². The highest BCUT2D eigenvalue weighted by molar-refractivity contribution is 5.65. The van der Waals surface area contributed by atoms with E-state index in [-0.39, 0.29) is 0 Å². The Morgan fingerprint density at radius 2 is 1.79 bits per heavy atom. The van der Waals surface area contributed by atoms with E-state index in [1.807, 2.05) is 62.4 Å². The van der Waals surface area contributed by atoms with Crippen molar-refractivity contribution in [3.8, 4) is 5.75 Å². The predicted octanol–water partition coefficient (Wildman–Crippen LogP) is 4.21. The molecule has 0 spiro atoms. The highest BCUT2D eigenvalue weighted by Crippen LogP contribution is 2.29. The highest BCUT2D eigenvalue weighted by atomic mass is 16.5. The van der Waals surface area contributed by atoms with E-state index in [1.54, 1.807) is 0 Å². The number of ether oxygens (including phenoxy) is 1. The summed E-state index contributed by atoms with van der Waals surface area (Å²) in [6, 6.07) is 14.9. The molecule has 4 nitrogen and oxygen atoms in total. The maximum Gasteiger partial charge on any atom is 0.119 e. The summed E-state index contributed by atoms with van der Waals surface area (Å²) in [6.07, 6.45) is 0. The molecule has 2 rings (SSSR count). The number of nitroso groups, excluding NO2 is 1. The summed E-state index contributed by atoms with van der Waals surface area (Å²) in [7, 11) is 0. The summed E-state index contributed by atoms with van der Waals surface area (Å²) in [5.41, 5.74) is 2.49. The van der Waals surface area contributed by atoms with Gasteiger partial charge in [0.1, 0.15) is 5.75 Å². The first-order valence-electron chi connectivity index (χ1n) is 6.18. The number of aryl methyl sites for hydroxylation is 1. The number of benzene rings is 2. The van der Waals surface area contributed by atoms with E-state index in [0.29, 0.717) is 12.3 Å². The van der Waals surface area contributed by atoms with Gasteiger partial charge in [0.05, 0.1) is 23.3 Å². The van der Waals surface area contributed by atoms with Crippen LogP contribution in [-0.4, -0.2) is 6.61 Å². The maximum atomic E-state index is 11.1. The maximum absolute atomic E-state index is 11.1.